The highest BCUT2D eigenvalue weighted by molar-refractivity contribution is 14.1. The number of halogens is 1. The Morgan fingerprint density at radius 3 is 1.21 bits per heavy atom. The Hall–Kier alpha value is 1.36. The second-order valence-corrected chi connectivity index (χ2v) is 32.3. The number of ether oxygens (including phenoxy) is 1. The molecule has 0 bridgehead atoms. The van der Waals surface area contributed by atoms with Gasteiger partial charge >= 0.3 is 0 Å². The SMILES string of the molecule is CC[Si](CC)(CC)OC[C@H]1O[C@@](O)(CI)[C@H](O[Si](CC)(CC)CC)[C@@H](O[Si](CC)(CC)CC)[C@@H]1O[Si](CC)(CC)CC. The summed E-state index contributed by atoms with van der Waals surface area (Å²) < 4.78 is 36.4. The quantitative estimate of drug-likeness (QED) is 0.0672. The Morgan fingerprint density at radius 1 is 0.548 bits per heavy atom. The summed E-state index contributed by atoms with van der Waals surface area (Å²) in [4.78, 5) is 0. The fourth-order valence-electron chi connectivity index (χ4n) is 6.87. The molecule has 0 aromatic rings. The van der Waals surface area contributed by atoms with Crippen molar-refractivity contribution in [2.24, 2.45) is 0 Å². The smallest absolute Gasteiger partial charge is 0.203 e. The molecule has 42 heavy (non-hydrogen) atoms. The van der Waals surface area contributed by atoms with Crippen molar-refractivity contribution in [1.29, 1.82) is 0 Å². The van der Waals surface area contributed by atoms with Crippen LogP contribution in [0.25, 0.3) is 0 Å². The van der Waals surface area contributed by atoms with Crippen molar-refractivity contribution in [2.45, 2.75) is 186 Å². The molecule has 11 heteroatoms. The van der Waals surface area contributed by atoms with Gasteiger partial charge in [-0.15, -0.1) is 0 Å². The topological polar surface area (TPSA) is 66.4 Å². The van der Waals surface area contributed by atoms with Gasteiger partial charge in [0.15, 0.2) is 33.3 Å². The highest BCUT2D eigenvalue weighted by atomic mass is 127. The van der Waals surface area contributed by atoms with Crippen LogP contribution in [-0.4, -0.2) is 79.6 Å². The van der Waals surface area contributed by atoms with E-state index in [9.17, 15) is 5.11 Å². The van der Waals surface area contributed by atoms with E-state index in [1.54, 1.807) is 0 Å². The Bertz CT molecular complexity index is 716. The molecule has 0 unspecified atom stereocenters. The zero-order valence-electron chi connectivity index (χ0n) is 29.6. The first-order valence-corrected chi connectivity index (χ1v) is 29.2. The Kier molecular flexibility index (Phi) is 18.4. The lowest BCUT2D eigenvalue weighted by molar-refractivity contribution is -0.328. The predicted molar refractivity (Wildman–Crippen MR) is 198 cm³/mol. The molecule has 6 nitrogen and oxygen atoms in total. The van der Waals surface area contributed by atoms with Gasteiger partial charge in [-0.3, -0.25) is 0 Å². The first kappa shape index (κ1) is 41.4. The average Bonchev–Trinajstić information content (AvgIpc) is 3.04. The molecular formula is C31H69IO6Si4. The molecule has 1 heterocycles. The highest BCUT2D eigenvalue weighted by Gasteiger charge is 2.60. The summed E-state index contributed by atoms with van der Waals surface area (Å²) >= 11 is 2.29. The third kappa shape index (κ3) is 9.47. The van der Waals surface area contributed by atoms with Gasteiger partial charge in [-0.1, -0.05) is 106 Å². The minimum atomic E-state index is -2.14. The van der Waals surface area contributed by atoms with E-state index < -0.39 is 51.3 Å². The minimum absolute atomic E-state index is 0.323. The van der Waals surface area contributed by atoms with E-state index in [4.69, 9.17) is 22.4 Å². The van der Waals surface area contributed by atoms with Crippen LogP contribution in [-0.2, 0) is 22.4 Å². The number of aliphatic hydroxyl groups is 1. The molecule has 0 aromatic heterocycles. The van der Waals surface area contributed by atoms with Gasteiger partial charge < -0.3 is 27.5 Å². The van der Waals surface area contributed by atoms with Crippen LogP contribution in [0.4, 0.5) is 0 Å². The number of hydrogen-bond acceptors (Lipinski definition) is 6. The van der Waals surface area contributed by atoms with Gasteiger partial charge in [0, 0.05) is 0 Å². The molecule has 1 rings (SSSR count). The molecule has 0 aromatic carbocycles. The van der Waals surface area contributed by atoms with Gasteiger partial charge in [0.2, 0.25) is 5.79 Å². The maximum Gasteiger partial charge on any atom is 0.203 e. The molecule has 0 saturated carbocycles. The Balaban J connectivity index is 3.93. The molecule has 0 spiro atoms. The zero-order valence-corrected chi connectivity index (χ0v) is 35.7. The predicted octanol–water partition coefficient (Wildman–Crippen LogP) is 9.70. The van der Waals surface area contributed by atoms with Gasteiger partial charge in [-0.05, 0) is 72.5 Å². The van der Waals surface area contributed by atoms with Crippen molar-refractivity contribution in [3.8, 4) is 0 Å². The summed E-state index contributed by atoms with van der Waals surface area (Å²) in [6.07, 6.45) is -1.69. The van der Waals surface area contributed by atoms with Gasteiger partial charge in [0.1, 0.15) is 24.4 Å². The lowest BCUT2D eigenvalue weighted by Gasteiger charge is -2.55. The summed E-state index contributed by atoms with van der Waals surface area (Å²) in [6, 6.07) is 12.5. The molecule has 1 N–H and O–H groups in total. The second-order valence-electron chi connectivity index (χ2n) is 12.6. The van der Waals surface area contributed by atoms with Crippen molar-refractivity contribution in [1.82, 2.24) is 0 Å². The molecule has 0 amide bonds. The molecule has 0 aliphatic carbocycles. The number of rotatable bonds is 22. The van der Waals surface area contributed by atoms with E-state index in [2.05, 4.69) is 106 Å². The minimum Gasteiger partial charge on any atom is -0.414 e. The molecule has 5 atom stereocenters. The van der Waals surface area contributed by atoms with E-state index in [1.807, 2.05) is 0 Å². The van der Waals surface area contributed by atoms with E-state index in [0.29, 0.717) is 11.0 Å². The number of alkyl halides is 1. The fraction of sp³-hybridized carbons (Fsp3) is 1.00. The Labute approximate surface area is 278 Å². The average molecular weight is 777 g/mol. The van der Waals surface area contributed by atoms with Crippen molar-refractivity contribution < 1.29 is 27.5 Å². The summed E-state index contributed by atoms with van der Waals surface area (Å²) in [5.74, 6) is -1.46. The van der Waals surface area contributed by atoms with E-state index in [0.717, 1.165) is 72.5 Å². The summed E-state index contributed by atoms with van der Waals surface area (Å²) in [5, 5.41) is 12.4. The molecule has 0 radical (unpaired) electrons. The standard InChI is InChI=1S/C31H69IO6Si4/c1-13-39(14-2,15-3)34-25-27-28(36-40(16-4,17-5)18-6)29(37-41(19-7,20-8)21-9)30(31(33,26-32)35-27)38-42(22-10,23-11)24-12/h27-30,33H,13-26H2,1-12H3/t27-,28-,29+,30-,31+/m1/s1. The van der Waals surface area contributed by atoms with E-state index in [1.165, 1.54) is 0 Å². The third-order valence-electron chi connectivity index (χ3n) is 11.4. The van der Waals surface area contributed by atoms with Crippen molar-refractivity contribution in [3.05, 3.63) is 0 Å². The van der Waals surface area contributed by atoms with Crippen LogP contribution >= 0.6 is 22.6 Å². The lowest BCUT2D eigenvalue weighted by Crippen LogP contribution is -2.72. The third-order valence-corrected chi connectivity index (χ3v) is 31.0. The monoisotopic (exact) mass is 776 g/mol. The van der Waals surface area contributed by atoms with Crippen LogP contribution in [0.15, 0.2) is 0 Å². The van der Waals surface area contributed by atoms with Crippen LogP contribution in [0, 0.1) is 0 Å². The zero-order chi connectivity index (χ0) is 32.2. The van der Waals surface area contributed by atoms with Gasteiger partial charge in [-0.25, -0.2) is 0 Å². The van der Waals surface area contributed by atoms with Gasteiger partial charge in [0.05, 0.1) is 11.0 Å². The normalized spacial score (nSPS) is 26.1. The van der Waals surface area contributed by atoms with E-state index in [-0.39, 0.29) is 12.2 Å². The number of hydrogen-bond donors (Lipinski definition) is 1. The van der Waals surface area contributed by atoms with Crippen LogP contribution in [0.5, 0.6) is 0 Å². The van der Waals surface area contributed by atoms with Crippen molar-refractivity contribution >= 4 is 55.9 Å². The lowest BCUT2D eigenvalue weighted by atomic mass is 9.94. The summed E-state index contributed by atoms with van der Waals surface area (Å²) in [5.41, 5.74) is 0. The highest BCUT2D eigenvalue weighted by Crippen LogP contribution is 2.43. The largest absolute Gasteiger partial charge is 0.414 e. The van der Waals surface area contributed by atoms with Gasteiger partial charge in [0.25, 0.3) is 0 Å². The van der Waals surface area contributed by atoms with E-state index >= 15 is 0 Å². The summed E-state index contributed by atoms with van der Waals surface area (Å²) in [6.45, 7) is 27.7. The molecular weight excluding hydrogens is 708 g/mol. The maximum absolute atomic E-state index is 12.4. The van der Waals surface area contributed by atoms with Crippen LogP contribution in [0.1, 0.15) is 83.1 Å². The fourth-order valence-corrected chi connectivity index (χ4v) is 18.7. The molecule has 1 aliphatic rings. The van der Waals surface area contributed by atoms with Crippen LogP contribution in [0.3, 0.4) is 0 Å². The first-order chi connectivity index (χ1) is 19.9. The van der Waals surface area contributed by atoms with Crippen LogP contribution in [0.2, 0.25) is 72.5 Å². The van der Waals surface area contributed by atoms with Crippen LogP contribution < -0.4 is 0 Å². The molecule has 1 fully saturated rings. The maximum atomic E-state index is 12.4. The van der Waals surface area contributed by atoms with Crippen molar-refractivity contribution in [2.75, 3.05) is 11.0 Å². The molecule has 1 saturated heterocycles. The van der Waals surface area contributed by atoms with Crippen molar-refractivity contribution in [3.63, 3.8) is 0 Å². The summed E-state index contributed by atoms with van der Waals surface area (Å²) in [7, 11) is -8.23. The Morgan fingerprint density at radius 2 is 0.881 bits per heavy atom. The molecule has 1 aliphatic heterocycles. The second kappa shape index (κ2) is 18.6. The molecule has 252 valence electrons. The van der Waals surface area contributed by atoms with Gasteiger partial charge in [-0.2, -0.15) is 0 Å². The first-order valence-electron chi connectivity index (χ1n) is 17.5.